The number of rotatable bonds is 6. The number of nitrogens with zero attached hydrogens (tertiary/aromatic N) is 1. The second-order valence-corrected chi connectivity index (χ2v) is 6.10. The minimum absolute atomic E-state index is 0.709. The molecule has 0 fully saturated rings. The summed E-state index contributed by atoms with van der Waals surface area (Å²) in [5, 5.41) is 4.65. The van der Waals surface area contributed by atoms with Crippen LogP contribution in [0, 0.1) is 19.8 Å². The molecule has 0 aliphatic rings. The smallest absolute Gasteiger partial charge is 0.0903 e. The minimum atomic E-state index is 0.709. The molecule has 0 saturated heterocycles. The van der Waals surface area contributed by atoms with Crippen LogP contribution in [0.1, 0.15) is 42.8 Å². The Balaban J connectivity index is 2.63. The van der Waals surface area contributed by atoms with Gasteiger partial charge in [-0.25, -0.2) is 4.98 Å². The van der Waals surface area contributed by atoms with Gasteiger partial charge >= 0.3 is 0 Å². The van der Waals surface area contributed by atoms with Gasteiger partial charge in [0, 0.05) is 6.54 Å². The normalized spacial score (nSPS) is 12.5. The fourth-order valence-electron chi connectivity index (χ4n) is 1.67. The SMILES string of the molecule is CCC(=Cc1sc(C)nc1C)CNCC(C)C. The van der Waals surface area contributed by atoms with Gasteiger partial charge in [0.2, 0.25) is 0 Å². The third-order valence-electron chi connectivity index (χ3n) is 2.63. The molecule has 0 spiro atoms. The molecule has 1 N–H and O–H groups in total. The Labute approximate surface area is 109 Å². The monoisotopic (exact) mass is 252 g/mol. The number of hydrogen-bond acceptors (Lipinski definition) is 3. The van der Waals surface area contributed by atoms with Crippen LogP contribution in [0.2, 0.25) is 0 Å². The molecule has 17 heavy (non-hydrogen) atoms. The number of nitrogens with one attached hydrogen (secondary N) is 1. The second-order valence-electron chi connectivity index (χ2n) is 4.86. The highest BCUT2D eigenvalue weighted by molar-refractivity contribution is 7.12. The van der Waals surface area contributed by atoms with Crippen molar-refractivity contribution in [2.45, 2.75) is 41.0 Å². The van der Waals surface area contributed by atoms with Crippen LogP contribution < -0.4 is 5.32 Å². The number of aromatic nitrogens is 1. The first kappa shape index (κ1) is 14.4. The van der Waals surface area contributed by atoms with E-state index in [1.54, 1.807) is 11.3 Å². The molecule has 96 valence electrons. The molecule has 2 nitrogen and oxygen atoms in total. The third kappa shape index (κ3) is 5.00. The molecule has 1 aromatic heterocycles. The Morgan fingerprint density at radius 3 is 2.59 bits per heavy atom. The van der Waals surface area contributed by atoms with Crippen molar-refractivity contribution in [2.24, 2.45) is 5.92 Å². The lowest BCUT2D eigenvalue weighted by Gasteiger charge is -2.09. The molecular weight excluding hydrogens is 228 g/mol. The zero-order chi connectivity index (χ0) is 12.8. The molecular formula is C14H24N2S. The van der Waals surface area contributed by atoms with Crippen LogP contribution >= 0.6 is 11.3 Å². The van der Waals surface area contributed by atoms with Crippen molar-refractivity contribution in [3.05, 3.63) is 21.2 Å². The number of thiazole rings is 1. The largest absolute Gasteiger partial charge is 0.313 e. The zero-order valence-corrected chi connectivity index (χ0v) is 12.4. The maximum atomic E-state index is 4.46. The van der Waals surface area contributed by atoms with Crippen LogP contribution in [0.4, 0.5) is 0 Å². The molecule has 0 amide bonds. The van der Waals surface area contributed by atoms with E-state index in [9.17, 15) is 0 Å². The summed E-state index contributed by atoms with van der Waals surface area (Å²) < 4.78 is 0. The molecule has 0 saturated carbocycles. The van der Waals surface area contributed by atoms with Gasteiger partial charge in [0.05, 0.1) is 15.6 Å². The van der Waals surface area contributed by atoms with E-state index in [1.807, 2.05) is 0 Å². The third-order valence-corrected chi connectivity index (χ3v) is 3.65. The molecule has 0 radical (unpaired) electrons. The number of aryl methyl sites for hydroxylation is 2. The molecule has 0 aliphatic carbocycles. The van der Waals surface area contributed by atoms with E-state index in [0.717, 1.165) is 30.2 Å². The highest BCUT2D eigenvalue weighted by Gasteiger charge is 2.03. The van der Waals surface area contributed by atoms with E-state index in [2.05, 4.69) is 51.0 Å². The highest BCUT2D eigenvalue weighted by Crippen LogP contribution is 2.21. The van der Waals surface area contributed by atoms with Gasteiger partial charge in [0.1, 0.15) is 0 Å². The van der Waals surface area contributed by atoms with Gasteiger partial charge in [-0.05, 0) is 38.8 Å². The average Bonchev–Trinajstić information content (AvgIpc) is 2.55. The Morgan fingerprint density at radius 1 is 1.41 bits per heavy atom. The van der Waals surface area contributed by atoms with Gasteiger partial charge in [-0.3, -0.25) is 0 Å². The predicted molar refractivity (Wildman–Crippen MR) is 77.6 cm³/mol. The molecule has 0 unspecified atom stereocenters. The molecule has 0 aromatic carbocycles. The predicted octanol–water partition coefficient (Wildman–Crippen LogP) is 3.80. The van der Waals surface area contributed by atoms with E-state index in [1.165, 1.54) is 10.5 Å². The van der Waals surface area contributed by atoms with Crippen molar-refractivity contribution >= 4 is 17.4 Å². The van der Waals surface area contributed by atoms with Gasteiger partial charge in [-0.2, -0.15) is 0 Å². The van der Waals surface area contributed by atoms with E-state index in [-0.39, 0.29) is 0 Å². The summed E-state index contributed by atoms with van der Waals surface area (Å²) in [5.41, 5.74) is 2.61. The summed E-state index contributed by atoms with van der Waals surface area (Å²) in [6.45, 7) is 12.9. The minimum Gasteiger partial charge on any atom is -0.313 e. The van der Waals surface area contributed by atoms with Gasteiger partial charge in [0.25, 0.3) is 0 Å². The summed E-state index contributed by atoms with van der Waals surface area (Å²) in [7, 11) is 0. The summed E-state index contributed by atoms with van der Waals surface area (Å²) >= 11 is 1.78. The Kier molecular flexibility index (Phi) is 5.86. The van der Waals surface area contributed by atoms with Crippen LogP contribution in [0.25, 0.3) is 6.08 Å². The molecule has 3 heteroatoms. The molecule has 1 aromatic rings. The Hall–Kier alpha value is -0.670. The quantitative estimate of drug-likeness (QED) is 0.833. The highest BCUT2D eigenvalue weighted by atomic mass is 32.1. The molecule has 0 aliphatic heterocycles. The Bertz CT molecular complexity index is 378. The van der Waals surface area contributed by atoms with Crippen molar-refractivity contribution in [2.75, 3.05) is 13.1 Å². The summed E-state index contributed by atoms with van der Waals surface area (Å²) in [4.78, 5) is 5.77. The van der Waals surface area contributed by atoms with E-state index >= 15 is 0 Å². The molecule has 0 atom stereocenters. The van der Waals surface area contributed by atoms with Gasteiger partial charge in [-0.1, -0.05) is 26.3 Å². The Morgan fingerprint density at radius 2 is 2.12 bits per heavy atom. The maximum absolute atomic E-state index is 4.46. The van der Waals surface area contributed by atoms with Crippen LogP contribution in [-0.2, 0) is 0 Å². The first-order chi connectivity index (χ1) is 8.02. The maximum Gasteiger partial charge on any atom is 0.0903 e. The van der Waals surface area contributed by atoms with Crippen LogP contribution in [-0.4, -0.2) is 18.1 Å². The molecule has 1 rings (SSSR count). The van der Waals surface area contributed by atoms with E-state index in [4.69, 9.17) is 0 Å². The lowest BCUT2D eigenvalue weighted by Crippen LogP contribution is -2.21. The van der Waals surface area contributed by atoms with Crippen molar-refractivity contribution in [3.63, 3.8) is 0 Å². The number of hydrogen-bond donors (Lipinski definition) is 1. The average molecular weight is 252 g/mol. The summed E-state index contributed by atoms with van der Waals surface area (Å²) in [5.74, 6) is 0.709. The summed E-state index contributed by atoms with van der Waals surface area (Å²) in [6, 6.07) is 0. The van der Waals surface area contributed by atoms with Crippen molar-refractivity contribution in [1.29, 1.82) is 0 Å². The fraction of sp³-hybridized carbons (Fsp3) is 0.643. The standard InChI is InChI=1S/C14H24N2S/c1-6-13(9-15-8-10(2)3)7-14-11(4)16-12(5)17-14/h7,10,15H,6,8-9H2,1-5H3. The summed E-state index contributed by atoms with van der Waals surface area (Å²) in [6.07, 6.45) is 3.40. The van der Waals surface area contributed by atoms with E-state index in [0.29, 0.717) is 5.92 Å². The van der Waals surface area contributed by atoms with Crippen molar-refractivity contribution in [1.82, 2.24) is 10.3 Å². The van der Waals surface area contributed by atoms with Crippen LogP contribution in [0.5, 0.6) is 0 Å². The molecule has 1 heterocycles. The lowest BCUT2D eigenvalue weighted by molar-refractivity contribution is 0.569. The first-order valence-corrected chi connectivity index (χ1v) is 7.18. The topological polar surface area (TPSA) is 24.9 Å². The molecule has 0 bridgehead atoms. The van der Waals surface area contributed by atoms with Gasteiger partial charge in [-0.15, -0.1) is 11.3 Å². The van der Waals surface area contributed by atoms with Crippen LogP contribution in [0.15, 0.2) is 5.57 Å². The van der Waals surface area contributed by atoms with Crippen LogP contribution in [0.3, 0.4) is 0 Å². The zero-order valence-electron chi connectivity index (χ0n) is 11.6. The van der Waals surface area contributed by atoms with Crippen molar-refractivity contribution in [3.8, 4) is 0 Å². The van der Waals surface area contributed by atoms with Gasteiger partial charge in [0.15, 0.2) is 0 Å². The van der Waals surface area contributed by atoms with Crippen molar-refractivity contribution < 1.29 is 0 Å². The second kappa shape index (κ2) is 6.92. The lowest BCUT2D eigenvalue weighted by atomic mass is 10.1. The fourth-order valence-corrected chi connectivity index (χ4v) is 2.59. The van der Waals surface area contributed by atoms with Gasteiger partial charge < -0.3 is 5.32 Å². The first-order valence-electron chi connectivity index (χ1n) is 6.37. The van der Waals surface area contributed by atoms with E-state index < -0.39 is 0 Å².